The molecule has 0 saturated heterocycles. The van der Waals surface area contributed by atoms with Gasteiger partial charge in [0.05, 0.1) is 23.4 Å². The Hall–Kier alpha value is -2.93. The maximum absolute atomic E-state index is 12.6. The number of benzene rings is 2. The lowest BCUT2D eigenvalue weighted by molar-refractivity contribution is 0.102. The number of carbonyl (C=O) groups excluding carboxylic acids is 1. The molecule has 0 atom stereocenters. The molecule has 0 aliphatic carbocycles. The van der Waals surface area contributed by atoms with E-state index < -0.39 is 0 Å². The molecule has 122 valence electrons. The third-order valence-corrected chi connectivity index (χ3v) is 3.69. The summed E-state index contributed by atoms with van der Waals surface area (Å²) in [6, 6.07) is 10.7. The van der Waals surface area contributed by atoms with Crippen LogP contribution in [0.3, 0.4) is 0 Å². The van der Waals surface area contributed by atoms with Crippen molar-refractivity contribution in [3.05, 3.63) is 58.9 Å². The average Bonchev–Trinajstić information content (AvgIpc) is 3.08. The van der Waals surface area contributed by atoms with Crippen LogP contribution in [0.15, 0.2) is 42.7 Å². The number of rotatable bonds is 4. The Morgan fingerprint density at radius 2 is 2.12 bits per heavy atom. The van der Waals surface area contributed by atoms with Gasteiger partial charge >= 0.3 is 0 Å². The number of nitrogens with zero attached hydrogens (tertiary/aromatic N) is 4. The summed E-state index contributed by atoms with van der Waals surface area (Å²) in [5.74, 6) is 0.0534. The molecule has 1 N–H and O–H groups in total. The van der Waals surface area contributed by atoms with E-state index in [2.05, 4.69) is 20.8 Å². The van der Waals surface area contributed by atoms with E-state index in [9.17, 15) is 4.79 Å². The van der Waals surface area contributed by atoms with E-state index in [0.29, 0.717) is 27.7 Å². The monoisotopic (exact) mass is 343 g/mol. The van der Waals surface area contributed by atoms with Crippen molar-refractivity contribution >= 4 is 23.2 Å². The maximum atomic E-state index is 12.6. The van der Waals surface area contributed by atoms with Crippen LogP contribution in [0.4, 0.5) is 5.69 Å². The van der Waals surface area contributed by atoms with Gasteiger partial charge in [-0.2, -0.15) is 4.68 Å². The zero-order chi connectivity index (χ0) is 17.1. The van der Waals surface area contributed by atoms with Crippen molar-refractivity contribution < 1.29 is 9.53 Å². The van der Waals surface area contributed by atoms with E-state index in [1.807, 2.05) is 31.2 Å². The Bertz CT molecular complexity index is 880. The predicted molar refractivity (Wildman–Crippen MR) is 89.8 cm³/mol. The van der Waals surface area contributed by atoms with Crippen LogP contribution in [-0.4, -0.2) is 33.2 Å². The minimum atomic E-state index is -0.317. The number of methoxy groups -OCH3 is 1. The molecule has 1 amide bonds. The van der Waals surface area contributed by atoms with E-state index in [0.717, 1.165) is 5.56 Å². The number of carbonyl (C=O) groups is 1. The van der Waals surface area contributed by atoms with Crippen molar-refractivity contribution in [2.45, 2.75) is 6.92 Å². The fourth-order valence-corrected chi connectivity index (χ4v) is 2.51. The van der Waals surface area contributed by atoms with Crippen molar-refractivity contribution in [1.29, 1.82) is 0 Å². The lowest BCUT2D eigenvalue weighted by Gasteiger charge is -2.12. The van der Waals surface area contributed by atoms with Crippen LogP contribution < -0.4 is 10.1 Å². The molecule has 0 aliphatic heterocycles. The van der Waals surface area contributed by atoms with Gasteiger partial charge in [-0.3, -0.25) is 4.79 Å². The number of nitrogens with one attached hydrogen (secondary N) is 1. The number of halogens is 1. The quantitative estimate of drug-likeness (QED) is 0.787. The first-order chi connectivity index (χ1) is 11.6. The summed E-state index contributed by atoms with van der Waals surface area (Å²) in [6.07, 6.45) is 1.41. The van der Waals surface area contributed by atoms with Gasteiger partial charge in [0.25, 0.3) is 5.91 Å². The molecule has 0 unspecified atom stereocenters. The number of hydrogen-bond donors (Lipinski definition) is 1. The molecular weight excluding hydrogens is 330 g/mol. The topological polar surface area (TPSA) is 81.9 Å². The number of ether oxygens (including phenoxy) is 1. The van der Waals surface area contributed by atoms with Gasteiger partial charge in [-0.15, -0.1) is 5.10 Å². The van der Waals surface area contributed by atoms with Crippen LogP contribution in [0.1, 0.15) is 15.9 Å². The van der Waals surface area contributed by atoms with Crippen molar-refractivity contribution in [2.75, 3.05) is 12.4 Å². The minimum absolute atomic E-state index is 0.317. The van der Waals surface area contributed by atoms with Gasteiger partial charge < -0.3 is 10.1 Å². The van der Waals surface area contributed by atoms with Crippen molar-refractivity contribution in [2.24, 2.45) is 0 Å². The third kappa shape index (κ3) is 3.21. The highest BCUT2D eigenvalue weighted by atomic mass is 35.5. The highest BCUT2D eigenvalue weighted by molar-refractivity contribution is 6.33. The van der Waals surface area contributed by atoms with Crippen molar-refractivity contribution in [1.82, 2.24) is 20.2 Å². The number of aromatic nitrogens is 4. The van der Waals surface area contributed by atoms with Gasteiger partial charge in [-0.1, -0.05) is 23.7 Å². The molecule has 8 heteroatoms. The summed E-state index contributed by atoms with van der Waals surface area (Å²) < 4.78 is 6.72. The number of hydrogen-bond acceptors (Lipinski definition) is 5. The lowest BCUT2D eigenvalue weighted by Crippen LogP contribution is -2.14. The predicted octanol–water partition coefficient (Wildman–Crippen LogP) is 2.89. The van der Waals surface area contributed by atoms with Gasteiger partial charge in [-0.05, 0) is 41.1 Å². The smallest absolute Gasteiger partial charge is 0.259 e. The summed E-state index contributed by atoms with van der Waals surface area (Å²) in [6.45, 7) is 1.95. The van der Waals surface area contributed by atoms with Crippen LogP contribution in [-0.2, 0) is 0 Å². The molecule has 3 rings (SSSR count). The van der Waals surface area contributed by atoms with Crippen molar-refractivity contribution in [3.63, 3.8) is 0 Å². The van der Waals surface area contributed by atoms with E-state index in [4.69, 9.17) is 16.3 Å². The molecule has 0 spiro atoms. The second-order valence-corrected chi connectivity index (χ2v) is 5.49. The fourth-order valence-electron chi connectivity index (χ4n) is 2.26. The molecule has 3 aromatic rings. The van der Waals surface area contributed by atoms with Crippen LogP contribution >= 0.6 is 11.6 Å². The summed E-state index contributed by atoms with van der Waals surface area (Å²) in [7, 11) is 1.48. The van der Waals surface area contributed by atoms with Gasteiger partial charge in [-0.25, -0.2) is 0 Å². The summed E-state index contributed by atoms with van der Waals surface area (Å²) in [4.78, 5) is 12.6. The Balaban J connectivity index is 1.95. The number of amides is 1. The zero-order valence-electron chi connectivity index (χ0n) is 13.0. The molecular formula is C16H14ClN5O2. The largest absolute Gasteiger partial charge is 0.496 e. The fraction of sp³-hybridized carbons (Fsp3) is 0.125. The van der Waals surface area contributed by atoms with Crippen molar-refractivity contribution in [3.8, 4) is 11.4 Å². The molecule has 0 saturated carbocycles. The highest BCUT2D eigenvalue weighted by Gasteiger charge is 2.17. The second-order valence-electron chi connectivity index (χ2n) is 5.08. The second kappa shape index (κ2) is 6.67. The Morgan fingerprint density at radius 1 is 1.29 bits per heavy atom. The van der Waals surface area contributed by atoms with E-state index in [1.165, 1.54) is 24.2 Å². The van der Waals surface area contributed by atoms with Gasteiger partial charge in [0.1, 0.15) is 12.1 Å². The van der Waals surface area contributed by atoms with E-state index >= 15 is 0 Å². The number of anilines is 1. The summed E-state index contributed by atoms with van der Waals surface area (Å²) in [5, 5.41) is 14.1. The average molecular weight is 344 g/mol. The first-order valence-electron chi connectivity index (χ1n) is 7.07. The molecule has 0 aliphatic rings. The molecule has 1 aromatic heterocycles. The normalized spacial score (nSPS) is 10.5. The highest BCUT2D eigenvalue weighted by Crippen LogP contribution is 2.30. The van der Waals surface area contributed by atoms with Crippen LogP contribution in [0.5, 0.6) is 5.75 Å². The molecule has 2 aromatic carbocycles. The molecule has 7 nitrogen and oxygen atoms in total. The summed E-state index contributed by atoms with van der Waals surface area (Å²) >= 11 is 6.27. The molecule has 1 heterocycles. The first kappa shape index (κ1) is 15.9. The van der Waals surface area contributed by atoms with Gasteiger partial charge in [0, 0.05) is 11.8 Å². The zero-order valence-corrected chi connectivity index (χ0v) is 13.8. The molecule has 24 heavy (non-hydrogen) atoms. The first-order valence-corrected chi connectivity index (χ1v) is 7.45. The van der Waals surface area contributed by atoms with Crippen LogP contribution in [0, 0.1) is 6.92 Å². The number of aryl methyl sites for hydroxylation is 1. The van der Waals surface area contributed by atoms with Crippen LogP contribution in [0.25, 0.3) is 5.69 Å². The summed E-state index contributed by atoms with van der Waals surface area (Å²) in [5.41, 5.74) is 2.58. The van der Waals surface area contributed by atoms with E-state index in [-0.39, 0.29) is 5.91 Å². The molecule has 0 bridgehead atoms. The van der Waals surface area contributed by atoms with Crippen LogP contribution in [0.2, 0.25) is 5.02 Å². The Kier molecular flexibility index (Phi) is 4.43. The number of tetrazole rings is 1. The Morgan fingerprint density at radius 3 is 2.79 bits per heavy atom. The Labute approximate surface area is 143 Å². The van der Waals surface area contributed by atoms with Gasteiger partial charge in [0.2, 0.25) is 0 Å². The molecule has 0 radical (unpaired) electrons. The third-order valence-electron chi connectivity index (χ3n) is 3.39. The molecule has 0 fully saturated rings. The SMILES string of the molecule is COc1cc(-n2cnnn2)c(Cl)cc1C(=O)Nc1cccc(C)c1. The van der Waals surface area contributed by atoms with E-state index in [1.54, 1.807) is 6.07 Å². The lowest BCUT2D eigenvalue weighted by atomic mass is 10.1. The maximum Gasteiger partial charge on any atom is 0.259 e. The van der Waals surface area contributed by atoms with Gasteiger partial charge in [0.15, 0.2) is 0 Å². The standard InChI is InChI=1S/C16H14ClN5O2/c1-10-4-3-5-11(6-10)19-16(23)12-7-13(17)14(8-15(12)24-2)22-9-18-20-21-22/h3-9H,1-2H3,(H,19,23). The minimum Gasteiger partial charge on any atom is -0.496 e.